The van der Waals surface area contributed by atoms with Crippen LogP contribution >= 0.6 is 0 Å². The van der Waals surface area contributed by atoms with E-state index in [1.807, 2.05) is 0 Å². The molecule has 0 saturated heterocycles. The number of hydrogen-bond acceptors (Lipinski definition) is 0. The van der Waals surface area contributed by atoms with Crippen molar-refractivity contribution in [3.63, 3.8) is 0 Å². The Morgan fingerprint density at radius 1 is 0.929 bits per heavy atom. The number of benzene rings is 1. The molecule has 0 aliphatic heterocycles. The molecule has 2 heteroatoms. The monoisotopic (exact) mass is 260 g/mol. The maximum atomic E-state index is 3.19. The van der Waals surface area contributed by atoms with Crippen LogP contribution in [0.15, 0.2) is 18.2 Å². The summed E-state index contributed by atoms with van der Waals surface area (Å²) in [5.41, 5.74) is 2.78. The van der Waals surface area contributed by atoms with Gasteiger partial charge in [-0.1, -0.05) is 39.5 Å². The third-order valence-corrected chi connectivity index (χ3v) is 2.17. The van der Waals surface area contributed by atoms with Crippen molar-refractivity contribution < 1.29 is 31.9 Å². The van der Waals surface area contributed by atoms with Gasteiger partial charge in [-0.05, 0) is 0 Å². The third kappa shape index (κ3) is 4.57. The van der Waals surface area contributed by atoms with Gasteiger partial charge in [-0.2, -0.15) is 35.4 Å². The first kappa shape index (κ1) is 16.6. The largest absolute Gasteiger partial charge is 2.00 e. The maximum Gasteiger partial charge on any atom is 2.00 e. The van der Waals surface area contributed by atoms with E-state index in [1.165, 1.54) is 11.1 Å². The molecule has 0 N–H and O–H groups in total. The van der Waals surface area contributed by atoms with Crippen molar-refractivity contribution in [3.05, 3.63) is 35.4 Å². The molecule has 0 saturated carbocycles. The molecular formula is C12H17ClZn. The quantitative estimate of drug-likeness (QED) is 0.544. The van der Waals surface area contributed by atoms with Gasteiger partial charge in [-0.3, -0.25) is 0 Å². The minimum absolute atomic E-state index is 0. The average molecular weight is 262 g/mol. The summed E-state index contributed by atoms with van der Waals surface area (Å²) in [6, 6.07) is 9.64. The van der Waals surface area contributed by atoms with Crippen molar-refractivity contribution >= 4 is 0 Å². The van der Waals surface area contributed by atoms with E-state index in [1.54, 1.807) is 0 Å². The van der Waals surface area contributed by atoms with Gasteiger partial charge < -0.3 is 12.4 Å². The topological polar surface area (TPSA) is 0 Å². The van der Waals surface area contributed by atoms with Gasteiger partial charge >= 0.3 is 19.5 Å². The molecule has 0 nitrogen and oxygen atoms in total. The van der Waals surface area contributed by atoms with Gasteiger partial charge in [0.1, 0.15) is 0 Å². The summed E-state index contributed by atoms with van der Waals surface area (Å²) in [7, 11) is 0. The minimum Gasteiger partial charge on any atom is -1.00 e. The summed E-state index contributed by atoms with van der Waals surface area (Å²) in [4.78, 5) is 0. The molecule has 74 valence electrons. The number of hydrogen-bond donors (Lipinski definition) is 0. The molecule has 0 bridgehead atoms. The first-order valence-electron chi connectivity index (χ1n) is 4.62. The molecule has 1 rings (SSSR count). The van der Waals surface area contributed by atoms with E-state index in [2.05, 4.69) is 52.0 Å². The van der Waals surface area contributed by atoms with Crippen LogP contribution in [-0.2, 0) is 19.5 Å². The first-order chi connectivity index (χ1) is 5.61. The Bertz CT molecular complexity index is 233. The van der Waals surface area contributed by atoms with Crippen LogP contribution in [0.5, 0.6) is 0 Å². The molecule has 0 unspecified atom stereocenters. The molecule has 0 heterocycles. The molecule has 0 amide bonds. The van der Waals surface area contributed by atoms with E-state index in [9.17, 15) is 0 Å². The Morgan fingerprint density at radius 2 is 1.29 bits per heavy atom. The molecule has 0 fully saturated rings. The summed E-state index contributed by atoms with van der Waals surface area (Å²) in [6.45, 7) is 8.86. The van der Waals surface area contributed by atoms with E-state index in [0.29, 0.717) is 11.8 Å². The first-order valence-corrected chi connectivity index (χ1v) is 4.62. The van der Waals surface area contributed by atoms with Crippen LogP contribution in [0.3, 0.4) is 0 Å². The van der Waals surface area contributed by atoms with E-state index >= 15 is 0 Å². The Balaban J connectivity index is 0. The van der Waals surface area contributed by atoms with Gasteiger partial charge in [0, 0.05) is 0 Å². The molecule has 1 aromatic carbocycles. The smallest absolute Gasteiger partial charge is 1.00 e. The van der Waals surface area contributed by atoms with Crippen molar-refractivity contribution in [1.82, 2.24) is 0 Å². The molecule has 0 aliphatic rings. The molecule has 1 aromatic rings. The van der Waals surface area contributed by atoms with Gasteiger partial charge in [-0.25, -0.2) is 0 Å². The van der Waals surface area contributed by atoms with Crippen LogP contribution in [0.4, 0.5) is 0 Å². The summed E-state index contributed by atoms with van der Waals surface area (Å²) in [5.74, 6) is 1.22. The molecule has 0 aliphatic carbocycles. The molecule has 0 atom stereocenters. The van der Waals surface area contributed by atoms with Crippen LogP contribution in [0.2, 0.25) is 0 Å². The average Bonchev–Trinajstić information content (AvgIpc) is 2.04. The zero-order chi connectivity index (χ0) is 9.14. The zero-order valence-electron chi connectivity index (χ0n) is 9.47. The fraction of sp³-hybridized carbons (Fsp3) is 0.500. The fourth-order valence-electron chi connectivity index (χ4n) is 1.18. The van der Waals surface area contributed by atoms with Crippen molar-refractivity contribution in [2.24, 2.45) is 0 Å². The van der Waals surface area contributed by atoms with Crippen LogP contribution in [-0.4, -0.2) is 0 Å². The third-order valence-electron chi connectivity index (χ3n) is 2.17. The van der Waals surface area contributed by atoms with Crippen molar-refractivity contribution in [2.45, 2.75) is 39.5 Å². The van der Waals surface area contributed by atoms with Crippen molar-refractivity contribution in [1.29, 1.82) is 0 Å². The Morgan fingerprint density at radius 3 is 1.57 bits per heavy atom. The van der Waals surface area contributed by atoms with Crippen molar-refractivity contribution in [3.8, 4) is 0 Å². The Labute approximate surface area is 107 Å². The van der Waals surface area contributed by atoms with Crippen molar-refractivity contribution in [2.75, 3.05) is 0 Å². The van der Waals surface area contributed by atoms with Crippen LogP contribution in [0.1, 0.15) is 50.7 Å². The van der Waals surface area contributed by atoms with E-state index < -0.39 is 0 Å². The second kappa shape index (κ2) is 7.43. The molecule has 0 radical (unpaired) electrons. The van der Waals surface area contributed by atoms with Gasteiger partial charge in [0.2, 0.25) is 0 Å². The predicted molar refractivity (Wildman–Crippen MR) is 53.5 cm³/mol. The van der Waals surface area contributed by atoms with E-state index in [4.69, 9.17) is 0 Å². The van der Waals surface area contributed by atoms with Gasteiger partial charge in [0.15, 0.2) is 0 Å². The van der Waals surface area contributed by atoms with E-state index in [-0.39, 0.29) is 31.9 Å². The van der Waals surface area contributed by atoms with Crippen LogP contribution < -0.4 is 12.4 Å². The SMILES string of the molecule is CC(C)c1c[c-]cc(C(C)C)c1.[Cl-].[Zn+2]. The normalized spacial score (nSPS) is 9.57. The maximum absolute atomic E-state index is 3.19. The molecular weight excluding hydrogens is 245 g/mol. The Kier molecular flexibility index (Phi) is 8.79. The summed E-state index contributed by atoms with van der Waals surface area (Å²) in [6.07, 6.45) is 0. The Hall–Kier alpha value is 0.133. The predicted octanol–water partition coefficient (Wildman–Crippen LogP) is 0.735. The second-order valence-electron chi connectivity index (χ2n) is 3.91. The van der Waals surface area contributed by atoms with Gasteiger partial charge in [0.25, 0.3) is 0 Å². The van der Waals surface area contributed by atoms with E-state index in [0.717, 1.165) is 0 Å². The molecule has 0 spiro atoms. The van der Waals surface area contributed by atoms with Crippen LogP contribution in [0, 0.1) is 6.07 Å². The summed E-state index contributed by atoms with van der Waals surface area (Å²) < 4.78 is 0. The number of rotatable bonds is 2. The van der Waals surface area contributed by atoms with Crippen LogP contribution in [0.25, 0.3) is 0 Å². The minimum atomic E-state index is 0. The van der Waals surface area contributed by atoms with Gasteiger partial charge in [0.05, 0.1) is 0 Å². The molecule has 0 aromatic heterocycles. The number of halogens is 1. The molecule has 14 heavy (non-hydrogen) atoms. The van der Waals surface area contributed by atoms with Gasteiger partial charge in [-0.15, -0.1) is 0 Å². The standard InChI is InChI=1S/C12H17.ClH.Zn/c1-9(2)11-6-5-7-12(8-11)10(3)4;;/h6-10H,1-4H3;1H;/q-1;;+2/p-1. The summed E-state index contributed by atoms with van der Waals surface area (Å²) >= 11 is 0. The summed E-state index contributed by atoms with van der Waals surface area (Å²) in [5, 5.41) is 0. The second-order valence-corrected chi connectivity index (χ2v) is 3.91. The zero-order valence-corrected chi connectivity index (χ0v) is 13.2. The fourth-order valence-corrected chi connectivity index (χ4v) is 1.18.